The smallest absolute Gasteiger partial charge is 0.143 e. The molecule has 6 heteroatoms. The highest BCUT2D eigenvalue weighted by molar-refractivity contribution is 6.16. The third kappa shape index (κ3) is 2.31. The van der Waals surface area contributed by atoms with Crippen molar-refractivity contribution in [3.8, 4) is 5.75 Å². The standard InChI is InChI=1S/C14H19ClN4O/c1-17-5-7-18(8-6-17)19-13-9-11(20-2)3-4-12(13)16-14(19)10-15/h3-4,9H,5-8,10H2,1-2H3. The Bertz CT molecular complexity index is 604. The summed E-state index contributed by atoms with van der Waals surface area (Å²) >= 11 is 6.07. The van der Waals surface area contributed by atoms with Crippen molar-refractivity contribution in [2.24, 2.45) is 0 Å². The van der Waals surface area contributed by atoms with Crippen LogP contribution in [0.1, 0.15) is 5.82 Å². The molecule has 1 aliphatic heterocycles. The van der Waals surface area contributed by atoms with Crippen molar-refractivity contribution in [1.29, 1.82) is 0 Å². The minimum atomic E-state index is 0.406. The highest BCUT2D eigenvalue weighted by atomic mass is 35.5. The lowest BCUT2D eigenvalue weighted by atomic mass is 10.3. The fraction of sp³-hybridized carbons (Fsp3) is 0.500. The van der Waals surface area contributed by atoms with Crippen molar-refractivity contribution in [3.63, 3.8) is 0 Å². The number of fused-ring (bicyclic) bond motifs is 1. The first-order valence-corrected chi connectivity index (χ1v) is 7.31. The molecular formula is C14H19ClN4O. The van der Waals surface area contributed by atoms with E-state index in [1.807, 2.05) is 18.2 Å². The number of benzene rings is 1. The van der Waals surface area contributed by atoms with E-state index in [1.165, 1.54) is 0 Å². The quantitative estimate of drug-likeness (QED) is 0.807. The van der Waals surface area contributed by atoms with Crippen molar-refractivity contribution in [1.82, 2.24) is 14.6 Å². The maximum atomic E-state index is 6.07. The van der Waals surface area contributed by atoms with E-state index in [9.17, 15) is 0 Å². The molecule has 5 nitrogen and oxygen atoms in total. The molecule has 0 N–H and O–H groups in total. The molecule has 0 aliphatic carbocycles. The van der Waals surface area contributed by atoms with E-state index in [4.69, 9.17) is 16.3 Å². The molecule has 0 spiro atoms. The summed E-state index contributed by atoms with van der Waals surface area (Å²) in [7, 11) is 3.83. The summed E-state index contributed by atoms with van der Waals surface area (Å²) in [6, 6.07) is 5.94. The van der Waals surface area contributed by atoms with E-state index in [1.54, 1.807) is 7.11 Å². The maximum Gasteiger partial charge on any atom is 0.143 e. The van der Waals surface area contributed by atoms with E-state index < -0.39 is 0 Å². The van der Waals surface area contributed by atoms with Gasteiger partial charge in [-0.15, -0.1) is 11.6 Å². The highest BCUT2D eigenvalue weighted by Crippen LogP contribution is 2.23. The van der Waals surface area contributed by atoms with E-state index in [2.05, 4.69) is 26.6 Å². The van der Waals surface area contributed by atoms with Crippen molar-refractivity contribution >= 4 is 22.6 Å². The Kier molecular flexibility index (Phi) is 3.72. The molecule has 0 atom stereocenters. The molecule has 0 radical (unpaired) electrons. The molecule has 1 fully saturated rings. The van der Waals surface area contributed by atoms with Crippen LogP contribution >= 0.6 is 11.6 Å². The van der Waals surface area contributed by atoms with Crippen LogP contribution in [0.3, 0.4) is 0 Å². The number of rotatable bonds is 3. The Morgan fingerprint density at radius 2 is 2.00 bits per heavy atom. The number of hydrogen-bond donors (Lipinski definition) is 0. The van der Waals surface area contributed by atoms with Crippen molar-refractivity contribution < 1.29 is 4.74 Å². The molecule has 1 saturated heterocycles. The Labute approximate surface area is 123 Å². The summed E-state index contributed by atoms with van der Waals surface area (Å²) in [5.74, 6) is 2.14. The number of nitrogens with zero attached hydrogens (tertiary/aromatic N) is 4. The second-order valence-corrected chi connectivity index (χ2v) is 5.35. The SMILES string of the molecule is COc1ccc2nc(CCl)n(N3CCN(C)CC3)c2c1. The van der Waals surface area contributed by atoms with E-state index in [-0.39, 0.29) is 0 Å². The number of aromatic nitrogens is 2. The van der Waals surface area contributed by atoms with Crippen LogP contribution in [0.4, 0.5) is 0 Å². The Morgan fingerprint density at radius 1 is 1.25 bits per heavy atom. The van der Waals surface area contributed by atoms with Crippen LogP contribution in [0.25, 0.3) is 11.0 Å². The fourth-order valence-electron chi connectivity index (χ4n) is 2.62. The summed E-state index contributed by atoms with van der Waals surface area (Å²) in [6.45, 7) is 4.04. The lowest BCUT2D eigenvalue weighted by Crippen LogP contribution is -2.50. The van der Waals surface area contributed by atoms with Gasteiger partial charge in [0.25, 0.3) is 0 Å². The topological polar surface area (TPSA) is 33.5 Å². The van der Waals surface area contributed by atoms with Crippen LogP contribution in [0, 0.1) is 0 Å². The zero-order valence-electron chi connectivity index (χ0n) is 11.8. The number of piperazine rings is 1. The Hall–Kier alpha value is -1.46. The third-order valence-electron chi connectivity index (χ3n) is 3.79. The number of imidazole rings is 1. The van der Waals surface area contributed by atoms with Crippen molar-refractivity contribution in [3.05, 3.63) is 24.0 Å². The van der Waals surface area contributed by atoms with Gasteiger partial charge < -0.3 is 14.6 Å². The van der Waals surface area contributed by atoms with Gasteiger partial charge >= 0.3 is 0 Å². The molecular weight excluding hydrogens is 276 g/mol. The number of methoxy groups -OCH3 is 1. The molecule has 2 aromatic rings. The summed E-state index contributed by atoms with van der Waals surface area (Å²) < 4.78 is 7.47. The van der Waals surface area contributed by atoms with Crippen LogP contribution < -0.4 is 9.75 Å². The summed E-state index contributed by atoms with van der Waals surface area (Å²) in [5.41, 5.74) is 2.02. The number of alkyl halides is 1. The van der Waals surface area contributed by atoms with Gasteiger partial charge in [-0.1, -0.05) is 0 Å². The molecule has 0 saturated carbocycles. The Balaban J connectivity index is 2.06. The first-order chi connectivity index (χ1) is 9.72. The molecule has 2 heterocycles. The molecule has 0 amide bonds. The molecule has 3 rings (SSSR count). The van der Waals surface area contributed by atoms with Crippen LogP contribution in [-0.2, 0) is 5.88 Å². The largest absolute Gasteiger partial charge is 0.497 e. The first-order valence-electron chi connectivity index (χ1n) is 6.78. The van der Waals surface area contributed by atoms with Gasteiger partial charge in [-0.3, -0.25) is 0 Å². The zero-order valence-corrected chi connectivity index (χ0v) is 12.6. The second kappa shape index (κ2) is 5.50. The van der Waals surface area contributed by atoms with E-state index >= 15 is 0 Å². The molecule has 20 heavy (non-hydrogen) atoms. The van der Waals surface area contributed by atoms with Gasteiger partial charge in [0.15, 0.2) is 0 Å². The predicted molar refractivity (Wildman–Crippen MR) is 81.3 cm³/mol. The van der Waals surface area contributed by atoms with Gasteiger partial charge in [-0.2, -0.15) is 0 Å². The number of hydrogen-bond acceptors (Lipinski definition) is 4. The predicted octanol–water partition coefficient (Wildman–Crippen LogP) is 1.67. The highest BCUT2D eigenvalue weighted by Gasteiger charge is 2.20. The average Bonchev–Trinajstić information content (AvgIpc) is 2.85. The molecule has 0 unspecified atom stereocenters. The van der Waals surface area contributed by atoms with E-state index in [0.29, 0.717) is 5.88 Å². The van der Waals surface area contributed by atoms with Crippen LogP contribution in [0.5, 0.6) is 5.75 Å². The number of halogens is 1. The first kappa shape index (κ1) is 13.5. The minimum Gasteiger partial charge on any atom is -0.497 e. The van der Waals surface area contributed by atoms with E-state index in [0.717, 1.165) is 48.8 Å². The summed E-state index contributed by atoms with van der Waals surface area (Å²) in [4.78, 5) is 6.95. The third-order valence-corrected chi connectivity index (χ3v) is 4.03. The van der Waals surface area contributed by atoms with Crippen molar-refractivity contribution in [2.75, 3.05) is 45.3 Å². The van der Waals surface area contributed by atoms with Crippen LogP contribution in [0.15, 0.2) is 18.2 Å². The number of ether oxygens (including phenoxy) is 1. The molecule has 0 bridgehead atoms. The van der Waals surface area contributed by atoms with Crippen LogP contribution in [0.2, 0.25) is 0 Å². The van der Waals surface area contributed by atoms with Gasteiger partial charge in [0.1, 0.15) is 11.6 Å². The summed E-state index contributed by atoms with van der Waals surface area (Å²) in [5, 5.41) is 2.31. The molecule has 1 aliphatic rings. The maximum absolute atomic E-state index is 6.07. The molecule has 1 aromatic heterocycles. The van der Waals surface area contributed by atoms with Gasteiger partial charge in [-0.25, -0.2) is 9.66 Å². The van der Waals surface area contributed by atoms with Gasteiger partial charge in [0.2, 0.25) is 0 Å². The molecule has 1 aromatic carbocycles. The zero-order chi connectivity index (χ0) is 14.1. The van der Waals surface area contributed by atoms with Crippen LogP contribution in [-0.4, -0.2) is 54.9 Å². The second-order valence-electron chi connectivity index (χ2n) is 5.09. The fourth-order valence-corrected chi connectivity index (χ4v) is 2.79. The van der Waals surface area contributed by atoms with Gasteiger partial charge in [-0.05, 0) is 19.2 Å². The molecule has 108 valence electrons. The lowest BCUT2D eigenvalue weighted by Gasteiger charge is -2.35. The van der Waals surface area contributed by atoms with Gasteiger partial charge in [0, 0.05) is 32.2 Å². The minimum absolute atomic E-state index is 0.406. The Morgan fingerprint density at radius 3 is 2.65 bits per heavy atom. The lowest BCUT2D eigenvalue weighted by molar-refractivity contribution is 0.288. The monoisotopic (exact) mass is 294 g/mol. The summed E-state index contributed by atoms with van der Waals surface area (Å²) in [6.07, 6.45) is 0. The average molecular weight is 295 g/mol. The number of likely N-dealkylation sites (N-methyl/N-ethyl adjacent to an activating group) is 1. The normalized spacial score (nSPS) is 16.9. The van der Waals surface area contributed by atoms with Crippen molar-refractivity contribution in [2.45, 2.75) is 5.88 Å². The van der Waals surface area contributed by atoms with Gasteiger partial charge in [0.05, 0.1) is 24.0 Å².